The maximum Gasteiger partial charge on any atom is 0.248 e. The number of carbonyl (C=O) groups excluding carboxylic acids is 2. The average molecular weight is 413 g/mol. The number of benzene rings is 1. The Hall–Kier alpha value is -1.83. The van der Waals surface area contributed by atoms with Crippen molar-refractivity contribution in [1.29, 1.82) is 0 Å². The third-order valence-corrected chi connectivity index (χ3v) is 5.42. The highest BCUT2D eigenvalue weighted by Crippen LogP contribution is 2.28. The van der Waals surface area contributed by atoms with E-state index in [1.54, 1.807) is 22.0 Å². The molecule has 1 fully saturated rings. The fourth-order valence-corrected chi connectivity index (χ4v) is 3.55. The second-order valence-corrected chi connectivity index (χ2v) is 7.43. The van der Waals surface area contributed by atoms with Crippen LogP contribution in [-0.4, -0.2) is 55.9 Å². The van der Waals surface area contributed by atoms with Gasteiger partial charge in [0.25, 0.3) is 0 Å². The summed E-state index contributed by atoms with van der Waals surface area (Å²) < 4.78 is 4.90. The minimum absolute atomic E-state index is 0.0413. The summed E-state index contributed by atoms with van der Waals surface area (Å²) >= 11 is 12.0. The molecule has 1 atom stereocenters. The van der Waals surface area contributed by atoms with Gasteiger partial charge in [-0.15, -0.1) is 0 Å². The number of rotatable bonds is 4. The van der Waals surface area contributed by atoms with E-state index in [2.05, 4.69) is 10.4 Å². The third-order valence-electron chi connectivity index (χ3n) is 4.68. The van der Waals surface area contributed by atoms with E-state index in [0.717, 1.165) is 18.5 Å². The van der Waals surface area contributed by atoms with Gasteiger partial charge < -0.3 is 15.0 Å². The smallest absolute Gasteiger partial charge is 0.248 e. The lowest BCUT2D eigenvalue weighted by atomic mass is 9.97. The largest absolute Gasteiger partial charge is 0.375 e. The van der Waals surface area contributed by atoms with E-state index in [4.69, 9.17) is 27.9 Å². The maximum absolute atomic E-state index is 12.6. The molecule has 2 heterocycles. The number of hydrogen-bond acceptors (Lipinski definition) is 5. The van der Waals surface area contributed by atoms with Gasteiger partial charge in [0.1, 0.15) is 12.4 Å². The normalized spacial score (nSPS) is 19.8. The summed E-state index contributed by atoms with van der Waals surface area (Å²) in [6.07, 6.45) is 2.19. The summed E-state index contributed by atoms with van der Waals surface area (Å²) in [4.78, 5) is 26.3. The SMILES string of the molecule is COCC(=O)N1CCC[C@H](C(=O)NC2=NN(c3ccc(Cl)c(Cl)c3)CC2)C1. The maximum atomic E-state index is 12.6. The van der Waals surface area contributed by atoms with Crippen LogP contribution in [0.2, 0.25) is 10.0 Å². The number of amides is 2. The monoisotopic (exact) mass is 412 g/mol. The van der Waals surface area contributed by atoms with E-state index < -0.39 is 0 Å². The Morgan fingerprint density at radius 3 is 2.85 bits per heavy atom. The lowest BCUT2D eigenvalue weighted by Crippen LogP contribution is -2.47. The Kier molecular flexibility index (Phi) is 6.57. The number of carbonyl (C=O) groups is 2. The van der Waals surface area contributed by atoms with E-state index in [0.29, 0.717) is 41.9 Å². The minimum atomic E-state index is -0.235. The summed E-state index contributed by atoms with van der Waals surface area (Å²) in [7, 11) is 1.49. The van der Waals surface area contributed by atoms with Gasteiger partial charge in [-0.3, -0.25) is 14.6 Å². The molecule has 1 aromatic carbocycles. The number of anilines is 1. The van der Waals surface area contributed by atoms with Crippen LogP contribution in [-0.2, 0) is 14.3 Å². The van der Waals surface area contributed by atoms with Crippen molar-refractivity contribution in [1.82, 2.24) is 10.2 Å². The predicted molar refractivity (Wildman–Crippen MR) is 105 cm³/mol. The molecule has 7 nitrogen and oxygen atoms in total. The van der Waals surface area contributed by atoms with Crippen molar-refractivity contribution >= 4 is 46.5 Å². The molecule has 146 valence electrons. The molecule has 2 aliphatic heterocycles. The number of amidine groups is 1. The summed E-state index contributed by atoms with van der Waals surface area (Å²) in [5.41, 5.74) is 0.822. The highest BCUT2D eigenvalue weighted by Gasteiger charge is 2.29. The average Bonchev–Trinajstić information content (AvgIpc) is 3.12. The lowest BCUT2D eigenvalue weighted by molar-refractivity contribution is -0.138. The molecule has 1 saturated heterocycles. The number of likely N-dealkylation sites (tertiary alicyclic amines) is 1. The van der Waals surface area contributed by atoms with Gasteiger partial charge in [-0.1, -0.05) is 23.2 Å². The number of hydrogen-bond donors (Lipinski definition) is 1. The molecule has 9 heteroatoms. The fourth-order valence-electron chi connectivity index (χ4n) is 3.25. The van der Waals surface area contributed by atoms with E-state index in [1.807, 2.05) is 6.07 Å². The van der Waals surface area contributed by atoms with Crippen molar-refractivity contribution in [2.75, 3.05) is 38.4 Å². The first kappa shape index (κ1) is 19.9. The molecular formula is C18H22Cl2N4O3. The Balaban J connectivity index is 1.59. The van der Waals surface area contributed by atoms with Crippen LogP contribution in [0.25, 0.3) is 0 Å². The summed E-state index contributed by atoms with van der Waals surface area (Å²) in [5.74, 6) is 0.200. The molecule has 3 rings (SSSR count). The van der Waals surface area contributed by atoms with Gasteiger partial charge in [0.05, 0.1) is 21.7 Å². The predicted octanol–water partition coefficient (Wildman–Crippen LogP) is 2.52. The fraction of sp³-hybridized carbons (Fsp3) is 0.500. The van der Waals surface area contributed by atoms with Crippen LogP contribution in [0.1, 0.15) is 19.3 Å². The first-order valence-electron chi connectivity index (χ1n) is 8.85. The van der Waals surface area contributed by atoms with Gasteiger partial charge in [0, 0.05) is 33.2 Å². The van der Waals surface area contributed by atoms with Gasteiger partial charge in [-0.2, -0.15) is 5.10 Å². The standard InChI is InChI=1S/C18H22Cl2N4O3/c1-27-11-17(25)23-7-2-3-12(10-23)18(26)21-16-6-8-24(22-16)13-4-5-14(19)15(20)9-13/h4-5,9,12H,2-3,6-8,10-11H2,1H3,(H,21,22,26)/t12-/m0/s1. The number of hydrazone groups is 1. The van der Waals surface area contributed by atoms with Gasteiger partial charge in [0.2, 0.25) is 11.8 Å². The van der Waals surface area contributed by atoms with Crippen LogP contribution < -0.4 is 10.3 Å². The molecule has 0 aromatic heterocycles. The van der Waals surface area contributed by atoms with Crippen molar-refractivity contribution in [3.8, 4) is 0 Å². The Labute approximate surface area is 168 Å². The van der Waals surface area contributed by atoms with Crippen molar-refractivity contribution in [3.63, 3.8) is 0 Å². The van der Waals surface area contributed by atoms with Crippen LogP contribution in [0.5, 0.6) is 0 Å². The first-order chi connectivity index (χ1) is 13.0. The zero-order chi connectivity index (χ0) is 19.4. The van der Waals surface area contributed by atoms with Gasteiger partial charge >= 0.3 is 0 Å². The first-order valence-corrected chi connectivity index (χ1v) is 9.61. The number of methoxy groups -OCH3 is 1. The van der Waals surface area contributed by atoms with Crippen LogP contribution in [0.15, 0.2) is 23.3 Å². The highest BCUT2D eigenvalue weighted by molar-refractivity contribution is 6.42. The van der Waals surface area contributed by atoms with Crippen LogP contribution >= 0.6 is 23.2 Å². The zero-order valence-corrected chi connectivity index (χ0v) is 16.6. The van der Waals surface area contributed by atoms with Crippen LogP contribution in [0.4, 0.5) is 5.69 Å². The second kappa shape index (κ2) is 8.91. The van der Waals surface area contributed by atoms with Crippen molar-refractivity contribution in [3.05, 3.63) is 28.2 Å². The quantitative estimate of drug-likeness (QED) is 0.824. The Morgan fingerprint density at radius 2 is 2.11 bits per heavy atom. The van der Waals surface area contributed by atoms with E-state index >= 15 is 0 Å². The number of nitrogens with zero attached hydrogens (tertiary/aromatic N) is 3. The van der Waals surface area contributed by atoms with Gasteiger partial charge in [-0.25, -0.2) is 0 Å². The Bertz CT molecular complexity index is 756. The minimum Gasteiger partial charge on any atom is -0.375 e. The van der Waals surface area contributed by atoms with Crippen LogP contribution in [0.3, 0.4) is 0 Å². The molecule has 0 aliphatic carbocycles. The molecule has 2 amide bonds. The molecule has 0 saturated carbocycles. The van der Waals surface area contributed by atoms with E-state index in [-0.39, 0.29) is 24.3 Å². The Morgan fingerprint density at radius 1 is 1.30 bits per heavy atom. The van der Waals surface area contributed by atoms with Crippen molar-refractivity contribution in [2.45, 2.75) is 19.3 Å². The summed E-state index contributed by atoms with van der Waals surface area (Å²) in [5, 5.41) is 10.1. The molecule has 2 aliphatic rings. The molecule has 0 radical (unpaired) electrons. The molecule has 0 bridgehead atoms. The highest BCUT2D eigenvalue weighted by atomic mass is 35.5. The molecule has 0 spiro atoms. The van der Waals surface area contributed by atoms with Gasteiger partial charge in [-0.05, 0) is 31.0 Å². The topological polar surface area (TPSA) is 74.2 Å². The number of halogens is 2. The molecule has 1 N–H and O–H groups in total. The van der Waals surface area contributed by atoms with Crippen molar-refractivity contribution in [2.24, 2.45) is 11.0 Å². The lowest BCUT2D eigenvalue weighted by Gasteiger charge is -2.31. The van der Waals surface area contributed by atoms with E-state index in [1.165, 1.54) is 7.11 Å². The summed E-state index contributed by atoms with van der Waals surface area (Å²) in [6.45, 7) is 1.77. The van der Waals surface area contributed by atoms with Crippen molar-refractivity contribution < 1.29 is 14.3 Å². The number of nitrogens with one attached hydrogen (secondary N) is 1. The summed E-state index contributed by atoms with van der Waals surface area (Å²) in [6, 6.07) is 5.31. The van der Waals surface area contributed by atoms with Gasteiger partial charge in [0.15, 0.2) is 0 Å². The number of ether oxygens (including phenoxy) is 1. The molecule has 1 aromatic rings. The molecular weight excluding hydrogens is 391 g/mol. The second-order valence-electron chi connectivity index (χ2n) is 6.62. The third kappa shape index (κ3) is 4.91. The van der Waals surface area contributed by atoms with Crippen LogP contribution in [0, 0.1) is 5.92 Å². The zero-order valence-electron chi connectivity index (χ0n) is 15.1. The molecule has 0 unspecified atom stereocenters. The molecule has 27 heavy (non-hydrogen) atoms. The van der Waals surface area contributed by atoms with E-state index in [9.17, 15) is 9.59 Å². The number of piperidine rings is 1.